The summed E-state index contributed by atoms with van der Waals surface area (Å²) in [5, 5.41) is 2.96. The van der Waals surface area contributed by atoms with Crippen LogP contribution in [0.25, 0.3) is 0 Å². The van der Waals surface area contributed by atoms with Gasteiger partial charge in [-0.05, 0) is 38.8 Å². The second kappa shape index (κ2) is 2.98. The van der Waals surface area contributed by atoms with Gasteiger partial charge in [0, 0.05) is 19.0 Å². The van der Waals surface area contributed by atoms with E-state index in [4.69, 9.17) is 0 Å². The predicted molar refractivity (Wildman–Crippen MR) is 51.4 cm³/mol. The molecule has 0 radical (unpaired) electrons. The highest BCUT2D eigenvalue weighted by atomic mass is 16.1. The van der Waals surface area contributed by atoms with Gasteiger partial charge in [0.2, 0.25) is 5.91 Å². The molecule has 3 heteroatoms. The van der Waals surface area contributed by atoms with E-state index in [0.29, 0.717) is 11.5 Å². The Morgan fingerprint density at radius 3 is 2.92 bits per heavy atom. The number of rotatable bonds is 0. The Morgan fingerprint density at radius 2 is 2.38 bits per heavy atom. The number of nitrogens with one attached hydrogen (secondary N) is 1. The van der Waals surface area contributed by atoms with E-state index in [-0.39, 0.29) is 5.91 Å². The molecule has 1 spiro atoms. The first-order chi connectivity index (χ1) is 6.11. The molecule has 0 aromatic carbocycles. The Labute approximate surface area is 79.5 Å². The van der Waals surface area contributed by atoms with Crippen LogP contribution in [0.3, 0.4) is 0 Å². The average molecular weight is 182 g/mol. The molecule has 0 aliphatic carbocycles. The van der Waals surface area contributed by atoms with Crippen LogP contribution in [0.5, 0.6) is 0 Å². The number of nitrogens with zero attached hydrogens (tertiary/aromatic N) is 1. The van der Waals surface area contributed by atoms with Gasteiger partial charge in [0.1, 0.15) is 0 Å². The van der Waals surface area contributed by atoms with Gasteiger partial charge in [-0.25, -0.2) is 0 Å². The highest BCUT2D eigenvalue weighted by molar-refractivity contribution is 5.79. The zero-order chi connectivity index (χ0) is 9.47. The van der Waals surface area contributed by atoms with Crippen LogP contribution < -0.4 is 5.32 Å². The summed E-state index contributed by atoms with van der Waals surface area (Å²) in [5.74, 6) is 0.247. The fourth-order valence-electron chi connectivity index (χ4n) is 2.59. The number of likely N-dealkylation sites (tertiary alicyclic amines) is 1. The lowest BCUT2D eigenvalue weighted by molar-refractivity contribution is -0.119. The van der Waals surface area contributed by atoms with Crippen molar-refractivity contribution in [3.8, 4) is 0 Å². The average Bonchev–Trinajstić information content (AvgIpc) is 2.42. The minimum atomic E-state index is 0.247. The largest absolute Gasteiger partial charge is 0.356 e. The van der Waals surface area contributed by atoms with Crippen molar-refractivity contribution in [2.45, 2.75) is 32.2 Å². The molecule has 1 amide bonds. The van der Waals surface area contributed by atoms with Crippen molar-refractivity contribution in [1.29, 1.82) is 0 Å². The molecule has 0 bridgehead atoms. The van der Waals surface area contributed by atoms with E-state index in [9.17, 15) is 4.79 Å². The van der Waals surface area contributed by atoms with Crippen LogP contribution in [0.2, 0.25) is 0 Å². The van der Waals surface area contributed by atoms with Gasteiger partial charge in [-0.1, -0.05) is 0 Å². The van der Waals surface area contributed by atoms with Crippen molar-refractivity contribution in [2.24, 2.45) is 5.41 Å². The van der Waals surface area contributed by atoms with Crippen LogP contribution in [0.1, 0.15) is 26.2 Å². The fraction of sp³-hybridized carbons (Fsp3) is 0.900. The minimum absolute atomic E-state index is 0.247. The molecule has 0 aromatic heterocycles. The van der Waals surface area contributed by atoms with Crippen LogP contribution in [0.4, 0.5) is 0 Å². The molecule has 0 saturated carbocycles. The fourth-order valence-corrected chi connectivity index (χ4v) is 2.59. The van der Waals surface area contributed by atoms with Gasteiger partial charge in [-0.2, -0.15) is 0 Å². The van der Waals surface area contributed by atoms with E-state index in [2.05, 4.69) is 24.2 Å². The Bertz CT molecular complexity index is 229. The van der Waals surface area contributed by atoms with Gasteiger partial charge >= 0.3 is 0 Å². The zero-order valence-electron chi connectivity index (χ0n) is 8.47. The third kappa shape index (κ3) is 1.57. The van der Waals surface area contributed by atoms with E-state index >= 15 is 0 Å². The zero-order valence-corrected chi connectivity index (χ0v) is 8.47. The molecule has 2 aliphatic heterocycles. The van der Waals surface area contributed by atoms with E-state index in [1.165, 1.54) is 12.8 Å². The molecule has 74 valence electrons. The third-order valence-electron chi connectivity index (χ3n) is 3.67. The van der Waals surface area contributed by atoms with Crippen molar-refractivity contribution in [2.75, 3.05) is 20.1 Å². The molecule has 0 aromatic rings. The van der Waals surface area contributed by atoms with Gasteiger partial charge in [0.15, 0.2) is 0 Å². The quantitative estimate of drug-likeness (QED) is 0.595. The van der Waals surface area contributed by atoms with E-state index < -0.39 is 0 Å². The number of carbonyl (C=O) groups is 1. The summed E-state index contributed by atoms with van der Waals surface area (Å²) >= 11 is 0. The first-order valence-corrected chi connectivity index (χ1v) is 5.08. The van der Waals surface area contributed by atoms with Crippen LogP contribution in [0, 0.1) is 5.41 Å². The Balaban J connectivity index is 2.05. The van der Waals surface area contributed by atoms with Gasteiger partial charge in [-0.3, -0.25) is 4.79 Å². The highest BCUT2D eigenvalue weighted by Gasteiger charge is 2.42. The van der Waals surface area contributed by atoms with Crippen molar-refractivity contribution < 1.29 is 4.79 Å². The summed E-state index contributed by atoms with van der Waals surface area (Å²) < 4.78 is 0. The summed E-state index contributed by atoms with van der Waals surface area (Å²) in [6.45, 7) is 4.30. The molecule has 13 heavy (non-hydrogen) atoms. The Hall–Kier alpha value is -0.570. The maximum atomic E-state index is 11.2. The summed E-state index contributed by atoms with van der Waals surface area (Å²) in [7, 11) is 2.17. The number of hydrogen-bond donors (Lipinski definition) is 1. The van der Waals surface area contributed by atoms with Gasteiger partial charge in [0.05, 0.1) is 0 Å². The van der Waals surface area contributed by atoms with Crippen LogP contribution in [0.15, 0.2) is 0 Å². The molecular formula is C10H18N2O. The molecule has 2 aliphatic rings. The second-order valence-corrected chi connectivity index (χ2v) is 4.74. The standard InChI is InChI=1S/C10H18N2O/c1-8-5-10(3-4-12(8)2)6-9(13)11-7-10/h8H,3-7H2,1-2H3,(H,11,13). The Morgan fingerprint density at radius 1 is 1.62 bits per heavy atom. The second-order valence-electron chi connectivity index (χ2n) is 4.74. The molecule has 2 heterocycles. The predicted octanol–water partition coefficient (Wildman–Crippen LogP) is 0.607. The number of amides is 1. The summed E-state index contributed by atoms with van der Waals surface area (Å²) in [6.07, 6.45) is 3.10. The topological polar surface area (TPSA) is 32.3 Å². The maximum Gasteiger partial charge on any atom is 0.220 e. The third-order valence-corrected chi connectivity index (χ3v) is 3.67. The van der Waals surface area contributed by atoms with Crippen molar-refractivity contribution in [3.63, 3.8) is 0 Å². The van der Waals surface area contributed by atoms with Gasteiger partial charge in [0.25, 0.3) is 0 Å². The molecule has 3 nitrogen and oxygen atoms in total. The summed E-state index contributed by atoms with van der Waals surface area (Å²) in [4.78, 5) is 13.6. The molecule has 2 unspecified atom stereocenters. The number of hydrogen-bond acceptors (Lipinski definition) is 2. The lowest BCUT2D eigenvalue weighted by Gasteiger charge is -2.41. The van der Waals surface area contributed by atoms with Crippen molar-refractivity contribution in [1.82, 2.24) is 10.2 Å². The lowest BCUT2D eigenvalue weighted by Crippen LogP contribution is -2.44. The summed E-state index contributed by atoms with van der Waals surface area (Å²) in [5.41, 5.74) is 0.295. The first kappa shape index (κ1) is 9.00. The maximum absolute atomic E-state index is 11.2. The smallest absolute Gasteiger partial charge is 0.220 e. The minimum Gasteiger partial charge on any atom is -0.356 e. The van der Waals surface area contributed by atoms with Crippen LogP contribution >= 0.6 is 0 Å². The SMILES string of the molecule is CC1CC2(CCN1C)CNC(=O)C2. The van der Waals surface area contributed by atoms with E-state index in [1.54, 1.807) is 0 Å². The number of piperidine rings is 1. The van der Waals surface area contributed by atoms with Gasteiger partial charge < -0.3 is 10.2 Å². The molecule has 2 rings (SSSR count). The van der Waals surface area contributed by atoms with Crippen LogP contribution in [-0.4, -0.2) is 37.0 Å². The first-order valence-electron chi connectivity index (χ1n) is 5.08. The van der Waals surface area contributed by atoms with Gasteiger partial charge in [-0.15, -0.1) is 0 Å². The monoisotopic (exact) mass is 182 g/mol. The van der Waals surface area contributed by atoms with Crippen LogP contribution in [-0.2, 0) is 4.79 Å². The van der Waals surface area contributed by atoms with E-state index in [1.807, 2.05) is 0 Å². The normalized spacial score (nSPS) is 41.1. The van der Waals surface area contributed by atoms with E-state index in [0.717, 1.165) is 19.5 Å². The molecule has 2 atom stereocenters. The number of carbonyl (C=O) groups excluding carboxylic acids is 1. The molecular weight excluding hydrogens is 164 g/mol. The lowest BCUT2D eigenvalue weighted by atomic mass is 9.75. The van der Waals surface area contributed by atoms with Crippen molar-refractivity contribution >= 4 is 5.91 Å². The molecule has 2 fully saturated rings. The Kier molecular flexibility index (Phi) is 2.06. The molecule has 1 N–H and O–H groups in total. The summed E-state index contributed by atoms with van der Waals surface area (Å²) in [6, 6.07) is 0.626. The van der Waals surface area contributed by atoms with Crippen molar-refractivity contribution in [3.05, 3.63) is 0 Å². The highest BCUT2D eigenvalue weighted by Crippen LogP contribution is 2.39. The molecule has 2 saturated heterocycles.